The third-order valence-corrected chi connectivity index (χ3v) is 6.51. The molecule has 35 heavy (non-hydrogen) atoms. The molecule has 1 aromatic carbocycles. The van der Waals surface area contributed by atoms with Crippen LogP contribution in [0.3, 0.4) is 0 Å². The lowest BCUT2D eigenvalue weighted by atomic mass is 10.0. The van der Waals surface area contributed by atoms with E-state index in [1.807, 2.05) is 41.0 Å². The second-order valence-electron chi connectivity index (χ2n) is 9.82. The maximum absolute atomic E-state index is 13.6. The highest BCUT2D eigenvalue weighted by Crippen LogP contribution is 2.24. The zero-order valence-corrected chi connectivity index (χ0v) is 21.8. The fourth-order valence-corrected chi connectivity index (χ4v) is 4.67. The van der Waals surface area contributed by atoms with Crippen LogP contribution in [0.25, 0.3) is 0 Å². The van der Waals surface area contributed by atoms with Crippen molar-refractivity contribution in [1.82, 2.24) is 15.0 Å². The number of carbonyl (C=O) groups is 2. The van der Waals surface area contributed by atoms with Crippen molar-refractivity contribution < 1.29 is 18.8 Å². The van der Waals surface area contributed by atoms with E-state index in [1.54, 1.807) is 6.07 Å². The number of rotatable bonds is 6. The van der Waals surface area contributed by atoms with Crippen LogP contribution in [-0.2, 0) is 6.42 Å². The Morgan fingerprint density at radius 2 is 1.86 bits per heavy atom. The highest BCUT2D eigenvalue weighted by Gasteiger charge is 2.29. The third kappa shape index (κ3) is 7.33. The number of hydrogen-bond acceptors (Lipinski definition) is 5. The molecule has 0 saturated carbocycles. The van der Waals surface area contributed by atoms with Gasteiger partial charge in [0.1, 0.15) is 18.1 Å². The van der Waals surface area contributed by atoms with E-state index < -0.39 is 0 Å². The van der Waals surface area contributed by atoms with Crippen molar-refractivity contribution in [3.8, 4) is 5.75 Å². The van der Waals surface area contributed by atoms with E-state index in [0.717, 1.165) is 57.3 Å². The highest BCUT2D eigenvalue weighted by atomic mass is 16.5. The van der Waals surface area contributed by atoms with E-state index in [1.165, 1.54) is 0 Å². The number of aryl methyl sites for hydroxylation is 1. The molecule has 2 aromatic rings. The molecule has 0 spiro atoms. The molecule has 1 atom stereocenters. The van der Waals surface area contributed by atoms with E-state index in [0.29, 0.717) is 42.6 Å². The quantitative estimate of drug-likeness (QED) is 0.535. The summed E-state index contributed by atoms with van der Waals surface area (Å²) >= 11 is 0. The molecule has 1 aromatic heterocycles. The van der Waals surface area contributed by atoms with E-state index >= 15 is 0 Å². The Morgan fingerprint density at radius 1 is 1.11 bits per heavy atom. The first-order valence-corrected chi connectivity index (χ1v) is 13.2. The topological polar surface area (TPSA) is 75.9 Å². The predicted molar refractivity (Wildman–Crippen MR) is 137 cm³/mol. The minimum absolute atomic E-state index is 0.000415. The number of carbonyl (C=O) groups excluding carboxylic acids is 2. The predicted octanol–water partition coefficient (Wildman–Crippen LogP) is 5.60. The second kappa shape index (κ2) is 13.3. The summed E-state index contributed by atoms with van der Waals surface area (Å²) in [4.78, 5) is 30.7. The lowest BCUT2D eigenvalue weighted by Gasteiger charge is -2.33. The van der Waals surface area contributed by atoms with Gasteiger partial charge in [-0.2, -0.15) is 0 Å². The van der Waals surface area contributed by atoms with Crippen LogP contribution in [0.2, 0.25) is 0 Å². The van der Waals surface area contributed by atoms with E-state index in [9.17, 15) is 9.59 Å². The summed E-state index contributed by atoms with van der Waals surface area (Å²) in [6.07, 6.45) is 6.35. The van der Waals surface area contributed by atoms with Crippen LogP contribution >= 0.6 is 0 Å². The lowest BCUT2D eigenvalue weighted by molar-refractivity contribution is 0.0556. The molecule has 0 fully saturated rings. The summed E-state index contributed by atoms with van der Waals surface area (Å²) in [5.41, 5.74) is 0.936. The molecule has 1 aliphatic rings. The summed E-state index contributed by atoms with van der Waals surface area (Å²) in [5, 5.41) is 4.09. The van der Waals surface area contributed by atoms with Gasteiger partial charge >= 0.3 is 0 Å². The van der Waals surface area contributed by atoms with Crippen LogP contribution in [0.1, 0.15) is 92.8 Å². The number of benzene rings is 1. The van der Waals surface area contributed by atoms with Crippen molar-refractivity contribution in [1.29, 1.82) is 0 Å². The summed E-state index contributed by atoms with van der Waals surface area (Å²) < 4.78 is 11.7. The lowest BCUT2D eigenvalue weighted by Crippen LogP contribution is -2.45. The molecule has 1 aliphatic heterocycles. The number of para-hydroxylation sites is 1. The molecule has 2 heterocycles. The Hall–Kier alpha value is -2.83. The fourth-order valence-electron chi connectivity index (χ4n) is 4.67. The van der Waals surface area contributed by atoms with Gasteiger partial charge in [0.15, 0.2) is 5.69 Å². The van der Waals surface area contributed by atoms with E-state index in [4.69, 9.17) is 9.26 Å². The van der Waals surface area contributed by atoms with Gasteiger partial charge in [0.05, 0.1) is 11.6 Å². The maximum atomic E-state index is 13.6. The average molecular weight is 484 g/mol. The van der Waals surface area contributed by atoms with Gasteiger partial charge in [-0.15, -0.1) is 0 Å². The van der Waals surface area contributed by atoms with Crippen LogP contribution in [0.5, 0.6) is 5.75 Å². The molecule has 7 nitrogen and oxygen atoms in total. The Labute approximate surface area is 209 Å². The minimum atomic E-state index is -0.137. The zero-order chi connectivity index (χ0) is 25.2. The molecule has 192 valence electrons. The summed E-state index contributed by atoms with van der Waals surface area (Å²) in [5.74, 6) is 1.57. The van der Waals surface area contributed by atoms with Gasteiger partial charge in [-0.25, -0.2) is 0 Å². The molecule has 0 saturated heterocycles. The van der Waals surface area contributed by atoms with Crippen molar-refractivity contribution in [3.05, 3.63) is 47.3 Å². The van der Waals surface area contributed by atoms with Crippen LogP contribution in [0.15, 0.2) is 34.9 Å². The summed E-state index contributed by atoms with van der Waals surface area (Å²) in [7, 11) is 0. The Balaban J connectivity index is 1.91. The van der Waals surface area contributed by atoms with E-state index in [2.05, 4.69) is 25.9 Å². The molecule has 0 radical (unpaired) electrons. The summed E-state index contributed by atoms with van der Waals surface area (Å²) in [6.45, 7) is 10.8. The van der Waals surface area contributed by atoms with Crippen LogP contribution < -0.4 is 4.74 Å². The zero-order valence-electron chi connectivity index (χ0n) is 21.8. The molecule has 3 rings (SSSR count). The Kier molecular flexibility index (Phi) is 10.2. The van der Waals surface area contributed by atoms with Gasteiger partial charge in [-0.3, -0.25) is 9.59 Å². The number of hydrogen-bond donors (Lipinski definition) is 0. The first-order valence-electron chi connectivity index (χ1n) is 13.2. The van der Waals surface area contributed by atoms with Crippen molar-refractivity contribution in [2.24, 2.45) is 5.92 Å². The molecule has 0 bridgehead atoms. The Morgan fingerprint density at radius 3 is 2.57 bits per heavy atom. The van der Waals surface area contributed by atoms with Crippen molar-refractivity contribution in [3.63, 3.8) is 0 Å². The van der Waals surface area contributed by atoms with Gasteiger partial charge in [0, 0.05) is 32.1 Å². The average Bonchev–Trinajstić information content (AvgIpc) is 3.31. The highest BCUT2D eigenvalue weighted by molar-refractivity contribution is 5.97. The molecule has 0 unspecified atom stereocenters. The van der Waals surface area contributed by atoms with E-state index in [-0.39, 0.29) is 17.9 Å². The smallest absolute Gasteiger partial charge is 0.276 e. The molecule has 7 heteroatoms. The van der Waals surface area contributed by atoms with Crippen molar-refractivity contribution >= 4 is 11.8 Å². The number of ether oxygens (including phenoxy) is 1. The molecule has 0 aliphatic carbocycles. The van der Waals surface area contributed by atoms with Gasteiger partial charge in [-0.1, -0.05) is 50.9 Å². The molecular formula is C28H41N3O4. The van der Waals surface area contributed by atoms with Crippen LogP contribution in [0, 0.1) is 5.92 Å². The maximum Gasteiger partial charge on any atom is 0.276 e. The number of amides is 2. The SMILES string of the molecule is CCCc1cc(C(=O)N2CCCCCCN(CC)C(=O)c3ccccc3OC[C@@H]2CC(C)C)no1. The van der Waals surface area contributed by atoms with Crippen LogP contribution in [-0.4, -0.2) is 59.1 Å². The normalized spacial score (nSPS) is 18.2. The largest absolute Gasteiger partial charge is 0.491 e. The number of fused-ring (bicyclic) bond motifs is 1. The first-order chi connectivity index (χ1) is 16.9. The molecular weight excluding hydrogens is 442 g/mol. The Bertz CT molecular complexity index is 955. The van der Waals surface area contributed by atoms with Crippen LogP contribution in [0.4, 0.5) is 0 Å². The van der Waals surface area contributed by atoms with Gasteiger partial charge in [0.2, 0.25) is 0 Å². The van der Waals surface area contributed by atoms with Gasteiger partial charge < -0.3 is 19.1 Å². The van der Waals surface area contributed by atoms with Crippen molar-refractivity contribution in [2.45, 2.75) is 78.7 Å². The molecule has 2 amide bonds. The first kappa shape index (κ1) is 26.8. The van der Waals surface area contributed by atoms with Gasteiger partial charge in [0.25, 0.3) is 11.8 Å². The fraction of sp³-hybridized carbons (Fsp3) is 0.607. The monoisotopic (exact) mass is 483 g/mol. The number of nitrogens with zero attached hydrogens (tertiary/aromatic N) is 3. The third-order valence-electron chi connectivity index (χ3n) is 6.51. The minimum Gasteiger partial charge on any atom is -0.491 e. The standard InChI is InChI=1S/C28H41N3O4/c1-5-13-23-19-25(29-35-23)28(33)31-17-12-8-7-11-16-30(6-2)27(32)24-14-9-10-15-26(24)34-20-22(31)18-21(3)4/h9-10,14-15,19,21-22H,5-8,11-13,16-18,20H2,1-4H3/t22-/m0/s1. The molecule has 0 N–H and O–H groups in total. The van der Waals surface area contributed by atoms with Crippen molar-refractivity contribution in [2.75, 3.05) is 26.2 Å². The second-order valence-corrected chi connectivity index (χ2v) is 9.82. The number of aromatic nitrogens is 1. The van der Waals surface area contributed by atoms with Gasteiger partial charge in [-0.05, 0) is 50.7 Å². The summed E-state index contributed by atoms with van der Waals surface area (Å²) in [6, 6.07) is 9.07.